The normalized spacial score (nSPS) is 16.0. The van der Waals surface area contributed by atoms with Gasteiger partial charge in [-0.05, 0) is 68.8 Å². The molecule has 0 unspecified atom stereocenters. The van der Waals surface area contributed by atoms with Crippen molar-refractivity contribution in [3.05, 3.63) is 74.5 Å². The first-order valence-electron chi connectivity index (χ1n) is 9.67. The number of hydrogen-bond acceptors (Lipinski definition) is 4. The van der Waals surface area contributed by atoms with Crippen LogP contribution in [0.2, 0.25) is 10.0 Å². The molecule has 4 nitrogen and oxygen atoms in total. The Hall–Kier alpha value is -1.79. The number of amides is 1. The van der Waals surface area contributed by atoms with E-state index < -0.39 is 0 Å². The largest absolute Gasteiger partial charge is 0.459 e. The average Bonchev–Trinajstić information content (AvgIpc) is 3.35. The second kappa shape index (κ2) is 8.92. The summed E-state index contributed by atoms with van der Waals surface area (Å²) < 4.78 is 5.25. The van der Waals surface area contributed by atoms with Gasteiger partial charge < -0.3 is 9.73 Å². The van der Waals surface area contributed by atoms with Crippen LogP contribution in [-0.4, -0.2) is 23.9 Å². The Kier molecular flexibility index (Phi) is 6.30. The zero-order valence-electron chi connectivity index (χ0n) is 16.1. The monoisotopic (exact) mass is 448 g/mol. The number of hydrogen-bond donors (Lipinski definition) is 1. The van der Waals surface area contributed by atoms with E-state index in [0.717, 1.165) is 46.9 Å². The number of benzene rings is 1. The fourth-order valence-corrected chi connectivity index (χ4v) is 5.32. The van der Waals surface area contributed by atoms with E-state index in [1.807, 2.05) is 19.1 Å². The predicted molar refractivity (Wildman–Crippen MR) is 119 cm³/mol. The first-order valence-corrected chi connectivity index (χ1v) is 11.2. The van der Waals surface area contributed by atoms with E-state index in [0.29, 0.717) is 15.8 Å². The number of aryl methyl sites for hydroxylation is 1. The lowest BCUT2D eigenvalue weighted by Crippen LogP contribution is -2.34. The molecule has 1 saturated heterocycles. The molecule has 0 spiro atoms. The summed E-state index contributed by atoms with van der Waals surface area (Å²) in [5.74, 6) is 0.0405. The highest BCUT2D eigenvalue weighted by atomic mass is 35.5. The summed E-state index contributed by atoms with van der Waals surface area (Å²) in [6, 6.07) is 11.1. The highest BCUT2D eigenvalue weighted by Gasteiger charge is 2.30. The van der Waals surface area contributed by atoms with E-state index in [1.54, 1.807) is 29.5 Å². The van der Waals surface area contributed by atoms with Crippen molar-refractivity contribution in [2.75, 3.05) is 18.4 Å². The molecular weight excluding hydrogens is 427 g/mol. The SMILES string of the molecule is Cc1cc([C@H](c2ccc(Cl)cc2Cl)N2CCCCC2)c(NC(=O)c2ccco2)s1. The molecule has 1 atom stereocenters. The standard InChI is InChI=1S/C22H22Cl2N2O2S/c1-14-12-17(22(29-14)25-21(27)19-6-5-11-28-19)20(26-9-3-2-4-10-26)16-8-7-15(23)13-18(16)24/h5-8,11-13,20H,2-4,9-10H2,1H3,(H,25,27)/t20-/m0/s1. The van der Waals surface area contributed by atoms with E-state index in [9.17, 15) is 4.79 Å². The summed E-state index contributed by atoms with van der Waals surface area (Å²) in [5.41, 5.74) is 2.06. The van der Waals surface area contributed by atoms with Gasteiger partial charge in [0.2, 0.25) is 0 Å². The Morgan fingerprint density at radius 3 is 2.62 bits per heavy atom. The van der Waals surface area contributed by atoms with Crippen molar-refractivity contribution in [3.63, 3.8) is 0 Å². The number of carbonyl (C=O) groups excluding carboxylic acids is 1. The maximum absolute atomic E-state index is 12.6. The Morgan fingerprint density at radius 1 is 1.14 bits per heavy atom. The molecule has 1 N–H and O–H groups in total. The van der Waals surface area contributed by atoms with Gasteiger partial charge in [-0.2, -0.15) is 0 Å². The van der Waals surface area contributed by atoms with Gasteiger partial charge in [-0.15, -0.1) is 11.3 Å². The van der Waals surface area contributed by atoms with Crippen molar-refractivity contribution in [1.29, 1.82) is 0 Å². The molecule has 1 fully saturated rings. The van der Waals surface area contributed by atoms with Crippen LogP contribution in [0.15, 0.2) is 47.1 Å². The number of likely N-dealkylation sites (tertiary alicyclic amines) is 1. The number of nitrogens with zero attached hydrogens (tertiary/aromatic N) is 1. The van der Waals surface area contributed by atoms with Crippen LogP contribution in [0.5, 0.6) is 0 Å². The number of piperidine rings is 1. The average molecular weight is 449 g/mol. The molecule has 29 heavy (non-hydrogen) atoms. The van der Waals surface area contributed by atoms with E-state index in [4.69, 9.17) is 27.6 Å². The molecule has 1 aromatic carbocycles. The van der Waals surface area contributed by atoms with Crippen molar-refractivity contribution in [3.8, 4) is 0 Å². The predicted octanol–water partition coefficient (Wildman–Crippen LogP) is 6.78. The summed E-state index contributed by atoms with van der Waals surface area (Å²) in [6.07, 6.45) is 5.04. The highest BCUT2D eigenvalue weighted by molar-refractivity contribution is 7.16. The van der Waals surface area contributed by atoms with E-state index in [1.165, 1.54) is 12.7 Å². The van der Waals surface area contributed by atoms with Crippen LogP contribution in [-0.2, 0) is 0 Å². The highest BCUT2D eigenvalue weighted by Crippen LogP contribution is 2.42. The maximum atomic E-state index is 12.6. The Labute approximate surface area is 184 Å². The first-order chi connectivity index (χ1) is 14.0. The Balaban J connectivity index is 1.75. The summed E-state index contributed by atoms with van der Waals surface area (Å²) in [7, 11) is 0. The molecular formula is C22H22Cl2N2O2S. The van der Waals surface area contributed by atoms with Crippen LogP contribution in [0.25, 0.3) is 0 Å². The number of furan rings is 1. The fraction of sp³-hybridized carbons (Fsp3) is 0.318. The molecule has 7 heteroatoms. The summed E-state index contributed by atoms with van der Waals surface area (Å²) >= 11 is 14.3. The molecule has 1 amide bonds. The number of anilines is 1. The van der Waals surface area contributed by atoms with Crippen LogP contribution in [0.4, 0.5) is 5.00 Å². The minimum absolute atomic E-state index is 0.0445. The third kappa shape index (κ3) is 4.53. The van der Waals surface area contributed by atoms with Crippen LogP contribution < -0.4 is 5.32 Å². The topological polar surface area (TPSA) is 45.5 Å². The fourth-order valence-electron chi connectivity index (χ4n) is 3.87. The van der Waals surface area contributed by atoms with Crippen molar-refractivity contribution >= 4 is 45.4 Å². The number of rotatable bonds is 5. The van der Waals surface area contributed by atoms with Crippen molar-refractivity contribution in [2.45, 2.75) is 32.2 Å². The molecule has 0 saturated carbocycles. The van der Waals surface area contributed by atoms with E-state index in [-0.39, 0.29) is 11.9 Å². The van der Waals surface area contributed by atoms with Gasteiger partial charge in [0.15, 0.2) is 5.76 Å². The Morgan fingerprint density at radius 2 is 1.93 bits per heavy atom. The Bertz CT molecular complexity index is 994. The van der Waals surface area contributed by atoms with Crippen LogP contribution in [0.3, 0.4) is 0 Å². The lowest BCUT2D eigenvalue weighted by atomic mass is 9.96. The van der Waals surface area contributed by atoms with Gasteiger partial charge in [-0.25, -0.2) is 0 Å². The summed E-state index contributed by atoms with van der Waals surface area (Å²) in [5, 5.41) is 5.12. The van der Waals surface area contributed by atoms with Gasteiger partial charge in [0.05, 0.1) is 12.3 Å². The van der Waals surface area contributed by atoms with Gasteiger partial charge >= 0.3 is 0 Å². The molecule has 152 valence electrons. The van der Waals surface area contributed by atoms with Crippen molar-refractivity contribution in [2.24, 2.45) is 0 Å². The second-order valence-electron chi connectivity index (χ2n) is 7.24. The maximum Gasteiger partial charge on any atom is 0.291 e. The van der Waals surface area contributed by atoms with Gasteiger partial charge in [0.25, 0.3) is 5.91 Å². The first kappa shape index (κ1) is 20.5. The number of thiophene rings is 1. The lowest BCUT2D eigenvalue weighted by molar-refractivity contribution is 0.0996. The van der Waals surface area contributed by atoms with E-state index in [2.05, 4.69) is 16.3 Å². The quantitative estimate of drug-likeness (QED) is 0.467. The molecule has 0 bridgehead atoms. The summed E-state index contributed by atoms with van der Waals surface area (Å²) in [6.45, 7) is 4.03. The molecule has 2 aromatic heterocycles. The van der Waals surface area contributed by atoms with Gasteiger partial charge in [0.1, 0.15) is 5.00 Å². The smallest absolute Gasteiger partial charge is 0.291 e. The molecule has 4 rings (SSSR count). The van der Waals surface area contributed by atoms with Crippen molar-refractivity contribution < 1.29 is 9.21 Å². The number of nitrogens with one attached hydrogen (secondary N) is 1. The van der Waals surface area contributed by atoms with Crippen LogP contribution in [0.1, 0.15) is 51.9 Å². The minimum atomic E-state index is -0.252. The molecule has 0 aliphatic carbocycles. The zero-order valence-corrected chi connectivity index (χ0v) is 18.4. The van der Waals surface area contributed by atoms with E-state index >= 15 is 0 Å². The second-order valence-corrected chi connectivity index (χ2v) is 9.34. The third-order valence-electron chi connectivity index (χ3n) is 5.16. The summed E-state index contributed by atoms with van der Waals surface area (Å²) in [4.78, 5) is 16.2. The molecule has 1 aliphatic heterocycles. The molecule has 3 aromatic rings. The number of halogens is 2. The minimum Gasteiger partial charge on any atom is -0.459 e. The number of carbonyl (C=O) groups is 1. The molecule has 0 radical (unpaired) electrons. The van der Waals surface area contributed by atoms with Crippen molar-refractivity contribution in [1.82, 2.24) is 4.90 Å². The van der Waals surface area contributed by atoms with Crippen LogP contribution in [0, 0.1) is 6.92 Å². The molecule has 3 heterocycles. The van der Waals surface area contributed by atoms with Gasteiger partial charge in [-0.3, -0.25) is 9.69 Å². The van der Waals surface area contributed by atoms with Gasteiger partial charge in [-0.1, -0.05) is 35.7 Å². The third-order valence-corrected chi connectivity index (χ3v) is 6.71. The lowest BCUT2D eigenvalue weighted by Gasteiger charge is -2.35. The van der Waals surface area contributed by atoms with Gasteiger partial charge in [0, 0.05) is 20.5 Å². The molecule has 1 aliphatic rings. The zero-order chi connectivity index (χ0) is 20.4. The van der Waals surface area contributed by atoms with Crippen LogP contribution >= 0.6 is 34.5 Å².